The molecule has 4 fully saturated rings. The molecule has 4 saturated carbocycles. The number of alkyl halides is 3. The molecule has 1 aromatic carbocycles. The number of benzene rings is 1. The molecule has 1 heterocycles. The summed E-state index contributed by atoms with van der Waals surface area (Å²) in [5.41, 5.74) is 0.435. The lowest BCUT2D eigenvalue weighted by molar-refractivity contribution is -0.203. The average Bonchev–Trinajstić information content (AvgIpc) is 3.07. The number of ether oxygens (including phenoxy) is 1. The number of carbonyl (C=O) groups excluding carboxylic acids is 1. The molecule has 0 spiro atoms. The summed E-state index contributed by atoms with van der Waals surface area (Å²) in [4.78, 5) is 17.2. The lowest BCUT2D eigenvalue weighted by Crippen LogP contribution is -2.54. The number of halogens is 3. The maximum Gasteiger partial charge on any atom is 0.394 e. The van der Waals surface area contributed by atoms with Crippen LogP contribution in [0.15, 0.2) is 35.3 Å². The Kier molecular flexibility index (Phi) is 4.11. The van der Waals surface area contributed by atoms with E-state index in [1.54, 1.807) is 30.3 Å². The minimum absolute atomic E-state index is 0.270. The van der Waals surface area contributed by atoms with Crippen molar-refractivity contribution in [3.05, 3.63) is 35.9 Å². The summed E-state index contributed by atoms with van der Waals surface area (Å²) >= 11 is 0. The van der Waals surface area contributed by atoms with Gasteiger partial charge in [0, 0.05) is 12.1 Å². The second kappa shape index (κ2) is 6.33. The molecule has 28 heavy (non-hydrogen) atoms. The SMILES string of the molecule is O=C(OC12CC3CC(CC(C3)C1)C2)[C@@H]1N=C(c2ccccc2)C[C@H]1C(F)(F)F. The van der Waals surface area contributed by atoms with Crippen LogP contribution in [-0.2, 0) is 9.53 Å². The zero-order valence-electron chi connectivity index (χ0n) is 15.6. The first kappa shape index (κ1) is 18.2. The average molecular weight is 391 g/mol. The molecule has 1 aromatic rings. The molecule has 3 nitrogen and oxygen atoms in total. The van der Waals surface area contributed by atoms with Crippen LogP contribution in [-0.4, -0.2) is 29.5 Å². The van der Waals surface area contributed by atoms with E-state index in [9.17, 15) is 18.0 Å². The maximum absolute atomic E-state index is 13.7. The highest BCUT2D eigenvalue weighted by atomic mass is 19.4. The van der Waals surface area contributed by atoms with Gasteiger partial charge in [-0.15, -0.1) is 0 Å². The van der Waals surface area contributed by atoms with Gasteiger partial charge in [0.05, 0.1) is 5.92 Å². The third-order valence-electron chi connectivity index (χ3n) is 7.16. The number of nitrogens with zero attached hydrogens (tertiary/aromatic N) is 1. The monoisotopic (exact) mass is 391 g/mol. The van der Waals surface area contributed by atoms with Crippen LogP contribution < -0.4 is 0 Å². The normalized spacial score (nSPS) is 39.1. The molecule has 4 bridgehead atoms. The molecule has 6 rings (SSSR count). The Balaban J connectivity index is 1.39. The summed E-state index contributed by atoms with van der Waals surface area (Å²) in [5, 5.41) is 0. The molecule has 2 atom stereocenters. The summed E-state index contributed by atoms with van der Waals surface area (Å²) < 4.78 is 46.9. The van der Waals surface area contributed by atoms with E-state index in [-0.39, 0.29) is 6.42 Å². The third-order valence-corrected chi connectivity index (χ3v) is 7.16. The molecule has 5 aliphatic rings. The van der Waals surface area contributed by atoms with Crippen molar-refractivity contribution >= 4 is 11.7 Å². The van der Waals surface area contributed by atoms with Gasteiger partial charge in [-0.05, 0) is 61.8 Å². The molecule has 0 unspecified atom stereocenters. The van der Waals surface area contributed by atoms with Gasteiger partial charge in [0.1, 0.15) is 5.60 Å². The van der Waals surface area contributed by atoms with Crippen LogP contribution in [0.2, 0.25) is 0 Å². The minimum Gasteiger partial charge on any atom is -0.457 e. The van der Waals surface area contributed by atoms with Crippen molar-refractivity contribution in [3.8, 4) is 0 Å². The molecule has 0 radical (unpaired) electrons. The number of carbonyl (C=O) groups is 1. The van der Waals surface area contributed by atoms with Gasteiger partial charge in [-0.25, -0.2) is 4.79 Å². The van der Waals surface area contributed by atoms with Gasteiger partial charge >= 0.3 is 12.1 Å². The molecule has 1 aliphatic heterocycles. The first-order valence-electron chi connectivity index (χ1n) is 10.2. The number of aliphatic imine (C=N–C) groups is 1. The molecular weight excluding hydrogens is 367 g/mol. The van der Waals surface area contributed by atoms with E-state index in [0.29, 0.717) is 29.0 Å². The molecule has 6 heteroatoms. The highest BCUT2D eigenvalue weighted by Gasteiger charge is 2.56. The highest BCUT2D eigenvalue weighted by molar-refractivity contribution is 6.04. The van der Waals surface area contributed by atoms with Crippen LogP contribution >= 0.6 is 0 Å². The number of hydrogen-bond donors (Lipinski definition) is 0. The second-order valence-corrected chi connectivity index (χ2v) is 9.26. The van der Waals surface area contributed by atoms with E-state index >= 15 is 0 Å². The van der Waals surface area contributed by atoms with E-state index in [1.165, 1.54) is 19.3 Å². The standard InChI is InChI=1S/C22H24F3NO2/c23-22(24,25)17-9-18(16-4-2-1-3-5-16)26-19(17)20(27)28-21-10-13-6-14(11-21)8-15(7-13)12-21/h1-5,13-15,17,19H,6-12H2/t13?,14?,15?,17-,19-,21?/m1/s1. The van der Waals surface area contributed by atoms with Crippen LogP contribution in [0.25, 0.3) is 0 Å². The Morgan fingerprint density at radius 2 is 1.57 bits per heavy atom. The van der Waals surface area contributed by atoms with Crippen molar-refractivity contribution in [1.82, 2.24) is 0 Å². The predicted molar refractivity (Wildman–Crippen MR) is 97.9 cm³/mol. The van der Waals surface area contributed by atoms with Gasteiger partial charge in [0.25, 0.3) is 0 Å². The summed E-state index contributed by atoms with van der Waals surface area (Å²) in [6, 6.07) is 7.32. The molecule has 4 aliphatic carbocycles. The maximum atomic E-state index is 13.7. The van der Waals surface area contributed by atoms with E-state index < -0.39 is 29.7 Å². The molecule has 0 amide bonds. The van der Waals surface area contributed by atoms with Crippen LogP contribution in [0.3, 0.4) is 0 Å². The third kappa shape index (κ3) is 3.15. The Morgan fingerprint density at radius 1 is 1.00 bits per heavy atom. The number of esters is 1. The second-order valence-electron chi connectivity index (χ2n) is 9.26. The first-order valence-corrected chi connectivity index (χ1v) is 10.2. The quantitative estimate of drug-likeness (QED) is 0.685. The van der Waals surface area contributed by atoms with Crippen molar-refractivity contribution in [1.29, 1.82) is 0 Å². The van der Waals surface area contributed by atoms with Crippen molar-refractivity contribution < 1.29 is 22.7 Å². The van der Waals surface area contributed by atoms with Crippen LogP contribution in [0.5, 0.6) is 0 Å². The minimum atomic E-state index is -4.48. The van der Waals surface area contributed by atoms with E-state index in [0.717, 1.165) is 19.3 Å². The van der Waals surface area contributed by atoms with Crippen LogP contribution in [0, 0.1) is 23.7 Å². The topological polar surface area (TPSA) is 38.7 Å². The summed E-state index contributed by atoms with van der Waals surface area (Å²) in [6.45, 7) is 0. The molecular formula is C22H24F3NO2. The Morgan fingerprint density at radius 3 is 2.11 bits per heavy atom. The van der Waals surface area contributed by atoms with Crippen molar-refractivity contribution in [2.45, 2.75) is 62.8 Å². The van der Waals surface area contributed by atoms with Crippen LogP contribution in [0.4, 0.5) is 13.2 Å². The van der Waals surface area contributed by atoms with Crippen LogP contribution in [0.1, 0.15) is 50.5 Å². The summed E-state index contributed by atoms with van der Waals surface area (Å²) in [5.74, 6) is -0.905. The number of hydrogen-bond acceptors (Lipinski definition) is 3. The van der Waals surface area contributed by atoms with E-state index in [4.69, 9.17) is 4.74 Å². The van der Waals surface area contributed by atoms with Gasteiger partial charge in [-0.1, -0.05) is 30.3 Å². The summed E-state index contributed by atoms with van der Waals surface area (Å²) in [6.07, 6.45) is 1.22. The van der Waals surface area contributed by atoms with Gasteiger partial charge in [0.15, 0.2) is 6.04 Å². The van der Waals surface area contributed by atoms with E-state index in [2.05, 4.69) is 4.99 Å². The highest BCUT2D eigenvalue weighted by Crippen LogP contribution is 2.57. The number of rotatable bonds is 3. The van der Waals surface area contributed by atoms with E-state index in [1.807, 2.05) is 0 Å². The van der Waals surface area contributed by atoms with Crippen molar-refractivity contribution in [3.63, 3.8) is 0 Å². The molecule has 150 valence electrons. The van der Waals surface area contributed by atoms with Gasteiger partial charge < -0.3 is 4.74 Å². The fourth-order valence-electron chi connectivity index (χ4n) is 6.40. The zero-order valence-corrected chi connectivity index (χ0v) is 15.6. The van der Waals surface area contributed by atoms with Gasteiger partial charge in [-0.2, -0.15) is 13.2 Å². The first-order chi connectivity index (χ1) is 13.3. The lowest BCUT2D eigenvalue weighted by atomic mass is 9.54. The van der Waals surface area contributed by atoms with Gasteiger partial charge in [0.2, 0.25) is 0 Å². The lowest BCUT2D eigenvalue weighted by Gasteiger charge is -2.55. The molecule has 0 aromatic heterocycles. The molecule has 0 saturated heterocycles. The van der Waals surface area contributed by atoms with Crippen molar-refractivity contribution in [2.75, 3.05) is 0 Å². The fourth-order valence-corrected chi connectivity index (χ4v) is 6.40. The molecule has 0 N–H and O–H groups in total. The van der Waals surface area contributed by atoms with Crippen molar-refractivity contribution in [2.24, 2.45) is 28.7 Å². The largest absolute Gasteiger partial charge is 0.457 e. The van der Waals surface area contributed by atoms with Gasteiger partial charge in [-0.3, -0.25) is 4.99 Å². The fraction of sp³-hybridized carbons (Fsp3) is 0.636. The Labute approximate surface area is 162 Å². The smallest absolute Gasteiger partial charge is 0.394 e. The Bertz CT molecular complexity index is 766. The predicted octanol–water partition coefficient (Wildman–Crippen LogP) is 4.94. The Hall–Kier alpha value is -1.85. The zero-order chi connectivity index (χ0) is 19.5. The summed E-state index contributed by atoms with van der Waals surface area (Å²) in [7, 11) is 0.